The summed E-state index contributed by atoms with van der Waals surface area (Å²) in [6, 6.07) is 0. The van der Waals surface area contributed by atoms with Gasteiger partial charge in [-0.2, -0.15) is 0 Å². The first kappa shape index (κ1) is 12.8. The Balaban J connectivity index is 4.37. The first-order chi connectivity index (χ1) is 5.68. The number of hydrogen-bond acceptors (Lipinski definition) is 2. The van der Waals surface area contributed by atoms with Gasteiger partial charge in [-0.25, -0.2) is 0 Å². The van der Waals surface area contributed by atoms with Gasteiger partial charge in [0.25, 0.3) is 0 Å². The summed E-state index contributed by atoms with van der Waals surface area (Å²) in [7, 11) is -1.13. The number of aldehydes is 1. The Kier molecular flexibility index (Phi) is 4.32. The van der Waals surface area contributed by atoms with Gasteiger partial charge in [-0.15, -0.1) is 0 Å². The molecule has 0 aliphatic rings. The highest BCUT2D eigenvalue weighted by Gasteiger charge is 2.31. The van der Waals surface area contributed by atoms with Crippen molar-refractivity contribution in [1.29, 1.82) is 0 Å². The van der Waals surface area contributed by atoms with E-state index in [0.29, 0.717) is 0 Å². The summed E-state index contributed by atoms with van der Waals surface area (Å²) in [5.74, 6) is 0. The minimum Gasteiger partial charge on any atom is -0.409 e. The largest absolute Gasteiger partial charge is 0.409 e. The van der Waals surface area contributed by atoms with Gasteiger partial charge in [0.2, 0.25) is 0 Å². The molecule has 0 aromatic rings. The minimum atomic E-state index is -1.13. The molecule has 0 rings (SSSR count). The van der Waals surface area contributed by atoms with Crippen LogP contribution in [-0.4, -0.2) is 20.9 Å². The maximum Gasteiger partial charge on any atom is 0.172 e. The van der Waals surface area contributed by atoms with Gasteiger partial charge in [-0.3, -0.25) is 0 Å². The summed E-state index contributed by atoms with van der Waals surface area (Å²) in [5, 5.41) is 0. The number of carbonyl (C=O) groups excluding carboxylic acids is 1. The second-order valence-corrected chi connectivity index (χ2v) is 7.67. The van der Waals surface area contributed by atoms with E-state index in [-0.39, 0.29) is 5.41 Å². The van der Waals surface area contributed by atoms with Crippen molar-refractivity contribution in [3.8, 4) is 0 Å². The van der Waals surface area contributed by atoms with E-state index >= 15 is 0 Å². The van der Waals surface area contributed by atoms with Crippen LogP contribution in [0.3, 0.4) is 0 Å². The highest BCUT2D eigenvalue weighted by molar-refractivity contribution is 6.48. The van der Waals surface area contributed by atoms with E-state index in [9.17, 15) is 4.79 Å². The van der Waals surface area contributed by atoms with Crippen LogP contribution in [0.15, 0.2) is 0 Å². The van der Waals surface area contributed by atoms with Crippen molar-refractivity contribution in [2.45, 2.75) is 52.8 Å². The SMILES string of the molecule is C[SiH](C)OC(C)(C=O)CC(C)(C)C. The molecule has 1 atom stereocenters. The summed E-state index contributed by atoms with van der Waals surface area (Å²) in [4.78, 5) is 10.9. The third-order valence-corrected chi connectivity index (χ3v) is 2.65. The molecule has 0 aliphatic carbocycles. The second kappa shape index (κ2) is 4.38. The van der Waals surface area contributed by atoms with Crippen molar-refractivity contribution in [1.82, 2.24) is 0 Å². The molecule has 0 aromatic heterocycles. The zero-order valence-electron chi connectivity index (χ0n) is 9.68. The van der Waals surface area contributed by atoms with Crippen LogP contribution >= 0.6 is 0 Å². The van der Waals surface area contributed by atoms with Crippen molar-refractivity contribution in [2.24, 2.45) is 5.41 Å². The molecule has 0 bridgehead atoms. The third-order valence-electron chi connectivity index (χ3n) is 1.64. The predicted octanol–water partition coefficient (Wildman–Crippen LogP) is 2.38. The summed E-state index contributed by atoms with van der Waals surface area (Å²) >= 11 is 0. The van der Waals surface area contributed by atoms with Crippen LogP contribution in [-0.2, 0) is 9.22 Å². The number of hydrogen-bond donors (Lipinski definition) is 0. The van der Waals surface area contributed by atoms with E-state index in [1.165, 1.54) is 0 Å². The highest BCUT2D eigenvalue weighted by Crippen LogP contribution is 2.28. The molecule has 13 heavy (non-hydrogen) atoms. The van der Waals surface area contributed by atoms with Gasteiger partial charge >= 0.3 is 0 Å². The van der Waals surface area contributed by atoms with E-state index in [0.717, 1.165) is 12.7 Å². The van der Waals surface area contributed by atoms with Crippen LogP contribution in [0.2, 0.25) is 13.1 Å². The lowest BCUT2D eigenvalue weighted by Gasteiger charge is -2.32. The summed E-state index contributed by atoms with van der Waals surface area (Å²) in [5.41, 5.74) is -0.433. The average Bonchev–Trinajstić information content (AvgIpc) is 1.81. The maximum absolute atomic E-state index is 10.9. The predicted molar refractivity (Wildman–Crippen MR) is 58.5 cm³/mol. The van der Waals surface area contributed by atoms with E-state index in [2.05, 4.69) is 33.9 Å². The van der Waals surface area contributed by atoms with Gasteiger partial charge in [-0.1, -0.05) is 20.8 Å². The lowest BCUT2D eigenvalue weighted by molar-refractivity contribution is -0.122. The second-order valence-electron chi connectivity index (χ2n) is 5.33. The first-order valence-corrected chi connectivity index (χ1v) is 7.61. The van der Waals surface area contributed by atoms with E-state index in [1.54, 1.807) is 0 Å². The molecule has 3 heteroatoms. The Morgan fingerprint density at radius 3 is 1.92 bits per heavy atom. The van der Waals surface area contributed by atoms with Crippen LogP contribution in [0.25, 0.3) is 0 Å². The summed E-state index contributed by atoms with van der Waals surface area (Å²) in [6.45, 7) is 12.4. The topological polar surface area (TPSA) is 26.3 Å². The third kappa shape index (κ3) is 5.99. The van der Waals surface area contributed by atoms with Gasteiger partial charge < -0.3 is 9.22 Å². The van der Waals surface area contributed by atoms with E-state index < -0.39 is 14.6 Å². The van der Waals surface area contributed by atoms with Crippen LogP contribution in [0.1, 0.15) is 34.1 Å². The van der Waals surface area contributed by atoms with Gasteiger partial charge in [-0.05, 0) is 31.9 Å². The lowest BCUT2D eigenvalue weighted by Crippen LogP contribution is -2.38. The van der Waals surface area contributed by atoms with Crippen LogP contribution < -0.4 is 0 Å². The molecule has 0 fully saturated rings. The zero-order valence-corrected chi connectivity index (χ0v) is 10.8. The molecule has 0 saturated carbocycles. The molecule has 0 radical (unpaired) electrons. The highest BCUT2D eigenvalue weighted by atomic mass is 28.3. The van der Waals surface area contributed by atoms with Crippen molar-refractivity contribution in [3.05, 3.63) is 0 Å². The molecule has 0 amide bonds. The van der Waals surface area contributed by atoms with E-state index in [1.807, 2.05) is 6.92 Å². The Bertz CT molecular complexity index is 172. The number of carbonyl (C=O) groups is 1. The van der Waals surface area contributed by atoms with Crippen molar-refractivity contribution in [2.75, 3.05) is 0 Å². The molecule has 0 N–H and O–H groups in total. The van der Waals surface area contributed by atoms with Crippen LogP contribution in [0.4, 0.5) is 0 Å². The van der Waals surface area contributed by atoms with Crippen LogP contribution in [0, 0.1) is 5.41 Å². The molecule has 0 spiro atoms. The van der Waals surface area contributed by atoms with Gasteiger partial charge in [0.15, 0.2) is 9.04 Å². The lowest BCUT2D eigenvalue weighted by atomic mass is 9.83. The Hall–Kier alpha value is -0.153. The molecule has 1 unspecified atom stereocenters. The Labute approximate surface area is 83.4 Å². The quantitative estimate of drug-likeness (QED) is 0.517. The van der Waals surface area contributed by atoms with Crippen LogP contribution in [0.5, 0.6) is 0 Å². The Morgan fingerprint density at radius 2 is 1.69 bits per heavy atom. The fraction of sp³-hybridized carbons (Fsp3) is 0.900. The standard InChI is InChI=1S/C10H22O2Si/c1-9(2,3)7-10(4,8-11)12-13(5)6/h8,13H,7H2,1-6H3. The molecule has 0 saturated heterocycles. The van der Waals surface area contributed by atoms with Gasteiger partial charge in [0.1, 0.15) is 11.9 Å². The van der Waals surface area contributed by atoms with Gasteiger partial charge in [0.05, 0.1) is 0 Å². The molecular formula is C10H22O2Si. The average molecular weight is 202 g/mol. The smallest absolute Gasteiger partial charge is 0.172 e. The van der Waals surface area contributed by atoms with Crippen molar-refractivity contribution < 1.29 is 9.22 Å². The fourth-order valence-corrected chi connectivity index (χ4v) is 2.92. The normalized spacial score (nSPS) is 17.2. The minimum absolute atomic E-state index is 0.138. The fourth-order valence-electron chi connectivity index (χ4n) is 1.70. The molecule has 0 heterocycles. The first-order valence-electron chi connectivity index (χ1n) is 4.83. The molecule has 78 valence electrons. The Morgan fingerprint density at radius 1 is 1.23 bits per heavy atom. The molecular weight excluding hydrogens is 180 g/mol. The molecule has 0 aliphatic heterocycles. The zero-order chi connectivity index (χ0) is 10.7. The van der Waals surface area contributed by atoms with Crippen molar-refractivity contribution >= 4 is 15.3 Å². The number of rotatable bonds is 4. The van der Waals surface area contributed by atoms with Crippen molar-refractivity contribution in [3.63, 3.8) is 0 Å². The molecule has 0 aromatic carbocycles. The van der Waals surface area contributed by atoms with Gasteiger partial charge in [0, 0.05) is 0 Å². The molecule has 2 nitrogen and oxygen atoms in total. The monoisotopic (exact) mass is 202 g/mol. The maximum atomic E-state index is 10.9. The van der Waals surface area contributed by atoms with E-state index in [4.69, 9.17) is 4.43 Å². The summed E-state index contributed by atoms with van der Waals surface area (Å²) < 4.78 is 5.73. The summed E-state index contributed by atoms with van der Waals surface area (Å²) in [6.07, 6.45) is 1.74.